The van der Waals surface area contributed by atoms with Gasteiger partial charge in [0, 0.05) is 31.7 Å². The summed E-state index contributed by atoms with van der Waals surface area (Å²) in [6.45, 7) is 7.13. The zero-order chi connectivity index (χ0) is 18.8. The topological polar surface area (TPSA) is 44.8 Å². The summed E-state index contributed by atoms with van der Waals surface area (Å²) >= 11 is 0. The molecule has 1 fully saturated rings. The molecule has 2 aliphatic rings. The lowest BCUT2D eigenvalue weighted by molar-refractivity contribution is -0.117. The summed E-state index contributed by atoms with van der Waals surface area (Å²) in [6.07, 6.45) is 0.883. The van der Waals surface area contributed by atoms with Gasteiger partial charge in [-0.05, 0) is 37.1 Å². The number of fused-ring (bicyclic) bond motifs is 1. The maximum Gasteiger partial charge on any atom is 0.224 e. The monoisotopic (exact) mass is 365 g/mol. The molecule has 0 saturated carbocycles. The van der Waals surface area contributed by atoms with Crippen LogP contribution in [0.3, 0.4) is 0 Å². The number of hydrogen-bond donors (Lipinski definition) is 1. The van der Waals surface area contributed by atoms with Crippen LogP contribution in [0.2, 0.25) is 0 Å². The Balaban J connectivity index is 1.65. The lowest BCUT2D eigenvalue weighted by atomic mass is 9.91. The third kappa shape index (κ3) is 3.52. The SMILES string of the molecule is CC(=O)N1c2ccccc2C(Nc2ccccc2N2CCOCC2)CC1C. The standard InChI is InChI=1S/C22H27N3O2/c1-16-15-20(18-7-3-5-9-21(18)25(16)17(2)26)23-19-8-4-6-10-22(19)24-11-13-27-14-12-24/h3-10,16,20,23H,11-15H2,1-2H3. The van der Waals surface area contributed by atoms with E-state index in [2.05, 4.69) is 59.6 Å². The molecule has 4 rings (SSSR count). The molecule has 2 aromatic carbocycles. The third-order valence-electron chi connectivity index (χ3n) is 5.51. The summed E-state index contributed by atoms with van der Waals surface area (Å²) < 4.78 is 5.51. The minimum atomic E-state index is 0.0992. The molecule has 2 unspecified atom stereocenters. The van der Waals surface area contributed by atoms with Crippen LogP contribution in [0.5, 0.6) is 0 Å². The van der Waals surface area contributed by atoms with Gasteiger partial charge in [0.2, 0.25) is 5.91 Å². The van der Waals surface area contributed by atoms with E-state index in [9.17, 15) is 4.79 Å². The number of benzene rings is 2. The fourth-order valence-corrected chi connectivity index (χ4v) is 4.29. The van der Waals surface area contributed by atoms with Crippen LogP contribution in [0, 0.1) is 0 Å². The van der Waals surface area contributed by atoms with E-state index in [0.717, 1.165) is 44.1 Å². The van der Waals surface area contributed by atoms with Gasteiger partial charge in [-0.3, -0.25) is 4.79 Å². The van der Waals surface area contributed by atoms with Crippen LogP contribution in [-0.2, 0) is 9.53 Å². The summed E-state index contributed by atoms with van der Waals surface area (Å²) in [5, 5.41) is 3.77. The number of ether oxygens (including phenoxy) is 1. The fourth-order valence-electron chi connectivity index (χ4n) is 4.29. The first-order valence-corrected chi connectivity index (χ1v) is 9.72. The number of nitrogens with zero attached hydrogens (tertiary/aromatic N) is 2. The number of carbonyl (C=O) groups is 1. The van der Waals surface area contributed by atoms with E-state index in [-0.39, 0.29) is 18.0 Å². The molecule has 2 heterocycles. The van der Waals surface area contributed by atoms with E-state index < -0.39 is 0 Å². The largest absolute Gasteiger partial charge is 0.378 e. The van der Waals surface area contributed by atoms with Gasteiger partial charge in [0.05, 0.1) is 30.6 Å². The summed E-state index contributed by atoms with van der Waals surface area (Å²) in [7, 11) is 0. The van der Waals surface area contributed by atoms with Crippen molar-refractivity contribution in [2.24, 2.45) is 0 Å². The van der Waals surface area contributed by atoms with Crippen LogP contribution < -0.4 is 15.1 Å². The van der Waals surface area contributed by atoms with Crippen LogP contribution in [0.15, 0.2) is 48.5 Å². The van der Waals surface area contributed by atoms with Crippen molar-refractivity contribution in [3.05, 3.63) is 54.1 Å². The molecule has 1 N–H and O–H groups in total. The average Bonchev–Trinajstić information content (AvgIpc) is 2.69. The molecular formula is C22H27N3O2. The van der Waals surface area contributed by atoms with Crippen LogP contribution in [0.1, 0.15) is 31.9 Å². The molecule has 2 aliphatic heterocycles. The van der Waals surface area contributed by atoms with Crippen molar-refractivity contribution in [3.8, 4) is 0 Å². The highest BCUT2D eigenvalue weighted by Gasteiger charge is 2.32. The first kappa shape index (κ1) is 17.9. The number of anilines is 3. The minimum Gasteiger partial charge on any atom is -0.378 e. The predicted octanol–water partition coefficient (Wildman–Crippen LogP) is 3.82. The Morgan fingerprint density at radius 3 is 2.44 bits per heavy atom. The van der Waals surface area contributed by atoms with E-state index in [1.165, 1.54) is 11.3 Å². The highest BCUT2D eigenvalue weighted by atomic mass is 16.5. The summed E-state index contributed by atoms with van der Waals surface area (Å²) in [5.41, 5.74) is 4.57. The molecule has 0 spiro atoms. The number of rotatable bonds is 3. The molecule has 0 aliphatic carbocycles. The van der Waals surface area contributed by atoms with Crippen LogP contribution in [-0.4, -0.2) is 38.3 Å². The van der Waals surface area contributed by atoms with E-state index in [1.807, 2.05) is 11.0 Å². The lowest BCUT2D eigenvalue weighted by Crippen LogP contribution is -2.43. The van der Waals surface area contributed by atoms with Gasteiger partial charge in [-0.1, -0.05) is 30.3 Å². The molecule has 27 heavy (non-hydrogen) atoms. The summed E-state index contributed by atoms with van der Waals surface area (Å²) in [4.78, 5) is 16.5. The maximum atomic E-state index is 12.2. The summed E-state index contributed by atoms with van der Waals surface area (Å²) in [6, 6.07) is 17.1. The first-order valence-electron chi connectivity index (χ1n) is 9.72. The second kappa shape index (κ2) is 7.61. The van der Waals surface area contributed by atoms with E-state index in [1.54, 1.807) is 6.92 Å². The van der Waals surface area contributed by atoms with Crippen molar-refractivity contribution in [2.75, 3.05) is 41.4 Å². The molecular weight excluding hydrogens is 338 g/mol. The number of amides is 1. The Labute approximate surface area is 160 Å². The van der Waals surface area contributed by atoms with Gasteiger partial charge in [-0.25, -0.2) is 0 Å². The number of nitrogens with one attached hydrogen (secondary N) is 1. The second-order valence-corrected chi connectivity index (χ2v) is 7.35. The zero-order valence-corrected chi connectivity index (χ0v) is 16.0. The Hall–Kier alpha value is -2.53. The smallest absolute Gasteiger partial charge is 0.224 e. The van der Waals surface area contributed by atoms with Crippen molar-refractivity contribution in [3.63, 3.8) is 0 Å². The molecule has 1 saturated heterocycles. The number of morpholine rings is 1. The van der Waals surface area contributed by atoms with Crippen LogP contribution in [0.4, 0.5) is 17.1 Å². The molecule has 5 nitrogen and oxygen atoms in total. The normalized spacial score (nSPS) is 22.3. The molecule has 2 aromatic rings. The van der Waals surface area contributed by atoms with Gasteiger partial charge < -0.3 is 19.9 Å². The first-order chi connectivity index (χ1) is 13.1. The Morgan fingerprint density at radius 2 is 1.70 bits per heavy atom. The van der Waals surface area contributed by atoms with Crippen molar-refractivity contribution < 1.29 is 9.53 Å². The average molecular weight is 365 g/mol. The molecule has 2 atom stereocenters. The molecule has 1 amide bonds. The van der Waals surface area contributed by atoms with Gasteiger partial charge in [0.15, 0.2) is 0 Å². The van der Waals surface area contributed by atoms with Crippen molar-refractivity contribution in [2.45, 2.75) is 32.4 Å². The Morgan fingerprint density at radius 1 is 1.04 bits per heavy atom. The van der Waals surface area contributed by atoms with Crippen molar-refractivity contribution in [1.29, 1.82) is 0 Å². The minimum absolute atomic E-state index is 0.0992. The quantitative estimate of drug-likeness (QED) is 0.898. The van der Waals surface area contributed by atoms with Gasteiger partial charge in [-0.2, -0.15) is 0 Å². The number of hydrogen-bond acceptors (Lipinski definition) is 4. The molecule has 0 radical (unpaired) electrons. The lowest BCUT2D eigenvalue weighted by Gasteiger charge is -2.40. The Bertz CT molecular complexity index is 817. The zero-order valence-electron chi connectivity index (χ0n) is 16.0. The fraction of sp³-hybridized carbons (Fsp3) is 0.409. The predicted molar refractivity (Wildman–Crippen MR) is 110 cm³/mol. The van der Waals surface area contributed by atoms with E-state index >= 15 is 0 Å². The van der Waals surface area contributed by atoms with E-state index in [0.29, 0.717) is 0 Å². The summed E-state index contributed by atoms with van der Waals surface area (Å²) in [5.74, 6) is 0.0992. The van der Waals surface area contributed by atoms with E-state index in [4.69, 9.17) is 4.74 Å². The van der Waals surface area contributed by atoms with Gasteiger partial charge in [-0.15, -0.1) is 0 Å². The van der Waals surface area contributed by atoms with Gasteiger partial charge in [0.1, 0.15) is 0 Å². The van der Waals surface area contributed by atoms with Crippen LogP contribution in [0.25, 0.3) is 0 Å². The van der Waals surface area contributed by atoms with Crippen molar-refractivity contribution in [1.82, 2.24) is 0 Å². The van der Waals surface area contributed by atoms with Gasteiger partial charge >= 0.3 is 0 Å². The molecule has 5 heteroatoms. The molecule has 0 aromatic heterocycles. The molecule has 142 valence electrons. The van der Waals surface area contributed by atoms with Gasteiger partial charge in [0.25, 0.3) is 0 Å². The third-order valence-corrected chi connectivity index (χ3v) is 5.51. The molecule has 0 bridgehead atoms. The highest BCUT2D eigenvalue weighted by Crippen LogP contribution is 2.40. The maximum absolute atomic E-state index is 12.2. The Kier molecular flexibility index (Phi) is 5.03. The second-order valence-electron chi connectivity index (χ2n) is 7.35. The van der Waals surface area contributed by atoms with Crippen LogP contribution >= 0.6 is 0 Å². The highest BCUT2D eigenvalue weighted by molar-refractivity contribution is 5.93. The number of para-hydroxylation sites is 3. The van der Waals surface area contributed by atoms with Crippen molar-refractivity contribution >= 4 is 23.0 Å². The number of carbonyl (C=O) groups excluding carboxylic acids is 1.